The van der Waals surface area contributed by atoms with Gasteiger partial charge in [-0.3, -0.25) is 4.90 Å². The second-order valence-electron chi connectivity index (χ2n) is 2.22. The number of carbonyl (C=O) groups is 1. The predicted molar refractivity (Wildman–Crippen MR) is 34.6 cm³/mol. The number of primary amides is 1. The Bertz CT molecular complexity index is 153. The van der Waals surface area contributed by atoms with E-state index in [1.165, 1.54) is 4.90 Å². The largest absolute Gasteiger partial charge is 0.351 e. The van der Waals surface area contributed by atoms with Crippen LogP contribution in [0.2, 0.25) is 0 Å². The van der Waals surface area contributed by atoms with E-state index in [-0.39, 0.29) is 12.1 Å². The fourth-order valence-electron chi connectivity index (χ4n) is 0.923. The van der Waals surface area contributed by atoms with Gasteiger partial charge in [0.05, 0.1) is 0 Å². The van der Waals surface area contributed by atoms with Crippen LogP contribution in [0.25, 0.3) is 0 Å². The monoisotopic (exact) mass is 126 g/mol. The zero-order chi connectivity index (χ0) is 6.85. The molecule has 1 heterocycles. The molecule has 1 unspecified atom stereocenters. The Kier molecular flexibility index (Phi) is 1.42. The lowest BCUT2D eigenvalue weighted by atomic mass is 10.3. The number of hydrogen-bond donors (Lipinski definition) is 1. The summed E-state index contributed by atoms with van der Waals surface area (Å²) >= 11 is 0. The van der Waals surface area contributed by atoms with Crippen LogP contribution in [0.1, 0.15) is 13.3 Å². The molecule has 1 aliphatic rings. The summed E-state index contributed by atoms with van der Waals surface area (Å²) in [5, 5.41) is 0. The minimum atomic E-state index is -0.365. The van der Waals surface area contributed by atoms with Crippen LogP contribution in [0.4, 0.5) is 4.79 Å². The number of nitrogens with two attached hydrogens (primary N) is 1. The average Bonchev–Trinajstić information content (AvgIpc) is 2.13. The summed E-state index contributed by atoms with van der Waals surface area (Å²) in [7, 11) is 0. The van der Waals surface area contributed by atoms with Gasteiger partial charge in [-0.2, -0.15) is 0 Å². The van der Waals surface area contributed by atoms with Gasteiger partial charge in [0.25, 0.3) is 0 Å². The van der Waals surface area contributed by atoms with Crippen LogP contribution in [-0.4, -0.2) is 17.0 Å². The zero-order valence-electron chi connectivity index (χ0n) is 5.37. The van der Waals surface area contributed by atoms with E-state index in [9.17, 15) is 4.79 Å². The van der Waals surface area contributed by atoms with E-state index in [4.69, 9.17) is 5.73 Å². The van der Waals surface area contributed by atoms with E-state index in [1.54, 1.807) is 6.20 Å². The van der Waals surface area contributed by atoms with Gasteiger partial charge in [0.2, 0.25) is 0 Å². The van der Waals surface area contributed by atoms with E-state index < -0.39 is 0 Å². The molecular formula is C6H10N2O. The lowest BCUT2D eigenvalue weighted by Gasteiger charge is -2.16. The summed E-state index contributed by atoms with van der Waals surface area (Å²) < 4.78 is 0. The molecule has 0 spiro atoms. The number of rotatable bonds is 0. The van der Waals surface area contributed by atoms with Gasteiger partial charge < -0.3 is 5.73 Å². The van der Waals surface area contributed by atoms with Crippen LogP contribution in [0.3, 0.4) is 0 Å². The van der Waals surface area contributed by atoms with E-state index in [1.807, 2.05) is 13.0 Å². The van der Waals surface area contributed by atoms with Gasteiger partial charge in [0.1, 0.15) is 0 Å². The van der Waals surface area contributed by atoms with Gasteiger partial charge in [-0.05, 0) is 13.3 Å². The molecule has 1 rings (SSSR count). The quantitative estimate of drug-likeness (QED) is 0.509. The smallest absolute Gasteiger partial charge is 0.319 e. The first-order chi connectivity index (χ1) is 4.22. The van der Waals surface area contributed by atoms with E-state index >= 15 is 0 Å². The first kappa shape index (κ1) is 6.13. The van der Waals surface area contributed by atoms with Gasteiger partial charge in [0.15, 0.2) is 0 Å². The summed E-state index contributed by atoms with van der Waals surface area (Å²) in [6.07, 6.45) is 4.59. The molecule has 0 aromatic rings. The predicted octanol–water partition coefficient (Wildman–Crippen LogP) is 0.673. The molecule has 0 radical (unpaired) electrons. The van der Waals surface area contributed by atoms with Crippen molar-refractivity contribution in [2.24, 2.45) is 5.73 Å². The molecule has 3 heteroatoms. The van der Waals surface area contributed by atoms with Crippen molar-refractivity contribution in [2.45, 2.75) is 19.4 Å². The van der Waals surface area contributed by atoms with Gasteiger partial charge in [-0.25, -0.2) is 4.79 Å². The van der Waals surface area contributed by atoms with E-state index in [0.29, 0.717) is 0 Å². The number of carbonyl (C=O) groups excluding carboxylic acids is 1. The van der Waals surface area contributed by atoms with Crippen molar-refractivity contribution in [3.63, 3.8) is 0 Å². The Hall–Kier alpha value is -0.990. The molecule has 1 atom stereocenters. The fraction of sp³-hybridized carbons (Fsp3) is 0.500. The molecule has 3 nitrogen and oxygen atoms in total. The highest BCUT2D eigenvalue weighted by molar-refractivity contribution is 5.73. The van der Waals surface area contributed by atoms with E-state index in [2.05, 4.69) is 0 Å². The summed E-state index contributed by atoms with van der Waals surface area (Å²) in [4.78, 5) is 12.0. The van der Waals surface area contributed by atoms with Gasteiger partial charge in [0, 0.05) is 12.2 Å². The van der Waals surface area contributed by atoms with Crippen molar-refractivity contribution in [3.05, 3.63) is 12.3 Å². The van der Waals surface area contributed by atoms with Crippen LogP contribution in [0, 0.1) is 0 Å². The summed E-state index contributed by atoms with van der Waals surface area (Å²) in [5.74, 6) is 0. The molecular weight excluding hydrogens is 116 g/mol. The lowest BCUT2D eigenvalue weighted by molar-refractivity contribution is 0.217. The third kappa shape index (κ3) is 1.04. The lowest BCUT2D eigenvalue weighted by Crippen LogP contribution is -2.34. The third-order valence-electron chi connectivity index (χ3n) is 1.47. The summed E-state index contributed by atoms with van der Waals surface area (Å²) in [5.41, 5.74) is 5.02. The maximum Gasteiger partial charge on any atom is 0.319 e. The molecule has 0 bridgehead atoms. The Morgan fingerprint density at radius 1 is 1.89 bits per heavy atom. The summed E-state index contributed by atoms with van der Waals surface area (Å²) in [6, 6.07) is -0.112. The van der Waals surface area contributed by atoms with Crippen LogP contribution >= 0.6 is 0 Å². The fourth-order valence-corrected chi connectivity index (χ4v) is 0.923. The Labute approximate surface area is 54.1 Å². The molecule has 2 N–H and O–H groups in total. The molecule has 0 aliphatic carbocycles. The molecule has 0 aromatic carbocycles. The number of nitrogens with zero attached hydrogens (tertiary/aromatic N) is 1. The standard InChI is InChI=1S/C6H10N2O/c1-5-3-2-4-8(5)6(7)9/h2,4-5H,3H2,1H3,(H2,7,9). The highest BCUT2D eigenvalue weighted by Crippen LogP contribution is 2.11. The number of hydrogen-bond acceptors (Lipinski definition) is 1. The SMILES string of the molecule is CC1CC=CN1C(N)=O. The van der Waals surface area contributed by atoms with Crippen molar-refractivity contribution in [2.75, 3.05) is 0 Å². The molecule has 0 saturated carbocycles. The molecule has 50 valence electrons. The molecule has 0 aromatic heterocycles. The molecule has 2 amide bonds. The first-order valence-electron chi connectivity index (χ1n) is 2.96. The van der Waals surface area contributed by atoms with Crippen molar-refractivity contribution in [1.29, 1.82) is 0 Å². The first-order valence-corrected chi connectivity index (χ1v) is 2.96. The van der Waals surface area contributed by atoms with Crippen LogP contribution in [0.5, 0.6) is 0 Å². The second kappa shape index (κ2) is 2.09. The molecule has 0 fully saturated rings. The minimum absolute atomic E-state index is 0.252. The Morgan fingerprint density at radius 2 is 2.56 bits per heavy atom. The molecule has 1 aliphatic heterocycles. The topological polar surface area (TPSA) is 46.3 Å². The van der Waals surface area contributed by atoms with Crippen molar-refractivity contribution < 1.29 is 4.79 Å². The van der Waals surface area contributed by atoms with Crippen LogP contribution < -0.4 is 5.73 Å². The Balaban J connectivity index is 2.59. The Morgan fingerprint density at radius 3 is 2.78 bits per heavy atom. The molecule has 0 saturated heterocycles. The van der Waals surface area contributed by atoms with Gasteiger partial charge >= 0.3 is 6.03 Å². The summed E-state index contributed by atoms with van der Waals surface area (Å²) in [6.45, 7) is 1.96. The highest BCUT2D eigenvalue weighted by atomic mass is 16.2. The normalized spacial score (nSPS) is 25.0. The van der Waals surface area contributed by atoms with Crippen molar-refractivity contribution in [1.82, 2.24) is 4.90 Å². The zero-order valence-corrected chi connectivity index (χ0v) is 5.37. The number of amides is 2. The van der Waals surface area contributed by atoms with E-state index in [0.717, 1.165) is 6.42 Å². The average molecular weight is 126 g/mol. The second-order valence-corrected chi connectivity index (χ2v) is 2.22. The third-order valence-corrected chi connectivity index (χ3v) is 1.47. The van der Waals surface area contributed by atoms with Gasteiger partial charge in [-0.15, -0.1) is 0 Å². The van der Waals surface area contributed by atoms with Crippen LogP contribution in [0.15, 0.2) is 12.3 Å². The highest BCUT2D eigenvalue weighted by Gasteiger charge is 2.17. The van der Waals surface area contributed by atoms with Gasteiger partial charge in [-0.1, -0.05) is 6.08 Å². The maximum atomic E-state index is 10.5. The maximum absolute atomic E-state index is 10.5. The molecule has 9 heavy (non-hydrogen) atoms. The minimum Gasteiger partial charge on any atom is -0.351 e. The number of urea groups is 1. The van der Waals surface area contributed by atoms with Crippen LogP contribution in [-0.2, 0) is 0 Å². The van der Waals surface area contributed by atoms with Crippen molar-refractivity contribution >= 4 is 6.03 Å². The van der Waals surface area contributed by atoms with Crippen molar-refractivity contribution in [3.8, 4) is 0 Å².